The standard InChI is InChI=1S/C13H9NO5/c1-6-11-9-5-8(14(16)17)3-4-10(9)19-13(15)12(11)7(2)18-6/h3-5H,1-2H3. The fourth-order valence-corrected chi connectivity index (χ4v) is 2.32. The summed E-state index contributed by atoms with van der Waals surface area (Å²) >= 11 is 0. The number of hydrogen-bond acceptors (Lipinski definition) is 5. The zero-order valence-electron chi connectivity index (χ0n) is 10.2. The third kappa shape index (κ3) is 1.53. The fourth-order valence-electron chi connectivity index (χ4n) is 2.32. The molecule has 0 saturated carbocycles. The van der Waals surface area contributed by atoms with E-state index < -0.39 is 10.5 Å². The summed E-state index contributed by atoms with van der Waals surface area (Å²) in [5.41, 5.74) is -0.237. The van der Waals surface area contributed by atoms with E-state index in [1.807, 2.05) is 0 Å². The lowest BCUT2D eigenvalue weighted by Crippen LogP contribution is -1.99. The van der Waals surface area contributed by atoms with Crippen LogP contribution < -0.4 is 5.63 Å². The number of rotatable bonds is 1. The summed E-state index contributed by atoms with van der Waals surface area (Å²) < 4.78 is 10.6. The van der Waals surface area contributed by atoms with Crippen molar-refractivity contribution in [2.45, 2.75) is 13.8 Å². The van der Waals surface area contributed by atoms with Crippen LogP contribution in [0.5, 0.6) is 0 Å². The van der Waals surface area contributed by atoms with Crippen LogP contribution in [0.3, 0.4) is 0 Å². The van der Waals surface area contributed by atoms with Gasteiger partial charge in [-0.1, -0.05) is 0 Å². The van der Waals surface area contributed by atoms with Crippen LogP contribution in [0.1, 0.15) is 11.5 Å². The maximum absolute atomic E-state index is 11.9. The lowest BCUT2D eigenvalue weighted by Gasteiger charge is -1.99. The molecular formula is C13H9NO5. The van der Waals surface area contributed by atoms with E-state index >= 15 is 0 Å². The number of nitro benzene ring substituents is 1. The van der Waals surface area contributed by atoms with Crippen LogP contribution in [0.4, 0.5) is 5.69 Å². The molecule has 96 valence electrons. The van der Waals surface area contributed by atoms with E-state index in [2.05, 4.69) is 0 Å². The Morgan fingerprint density at radius 3 is 2.47 bits per heavy atom. The molecule has 0 fully saturated rings. The van der Waals surface area contributed by atoms with Crippen molar-refractivity contribution in [3.63, 3.8) is 0 Å². The van der Waals surface area contributed by atoms with Gasteiger partial charge in [-0.2, -0.15) is 0 Å². The van der Waals surface area contributed by atoms with Gasteiger partial charge >= 0.3 is 5.63 Å². The van der Waals surface area contributed by atoms with Crippen LogP contribution in [0.15, 0.2) is 31.8 Å². The van der Waals surface area contributed by atoms with E-state index in [-0.39, 0.29) is 5.69 Å². The normalized spacial score (nSPS) is 11.3. The minimum Gasteiger partial charge on any atom is -0.465 e. The first-order chi connectivity index (χ1) is 8.99. The number of nitro groups is 1. The molecular weight excluding hydrogens is 250 g/mol. The summed E-state index contributed by atoms with van der Waals surface area (Å²) in [6.45, 7) is 3.38. The van der Waals surface area contributed by atoms with E-state index in [4.69, 9.17) is 8.83 Å². The van der Waals surface area contributed by atoms with Gasteiger partial charge in [0.15, 0.2) is 0 Å². The zero-order chi connectivity index (χ0) is 13.7. The zero-order valence-corrected chi connectivity index (χ0v) is 10.2. The van der Waals surface area contributed by atoms with Gasteiger partial charge in [0.2, 0.25) is 0 Å². The molecule has 6 heteroatoms. The minimum atomic E-state index is -0.495. The molecule has 0 N–H and O–H groups in total. The van der Waals surface area contributed by atoms with Gasteiger partial charge in [0.25, 0.3) is 5.69 Å². The Bertz CT molecular complexity index is 887. The van der Waals surface area contributed by atoms with Gasteiger partial charge in [-0.3, -0.25) is 10.1 Å². The van der Waals surface area contributed by atoms with E-state index in [9.17, 15) is 14.9 Å². The second kappa shape index (κ2) is 3.68. The van der Waals surface area contributed by atoms with Crippen molar-refractivity contribution >= 4 is 27.4 Å². The Labute approximate surface area is 106 Å². The molecule has 0 aliphatic carbocycles. The van der Waals surface area contributed by atoms with Gasteiger partial charge in [0.1, 0.15) is 22.5 Å². The van der Waals surface area contributed by atoms with E-state index in [1.54, 1.807) is 13.8 Å². The van der Waals surface area contributed by atoms with Crippen molar-refractivity contribution in [3.05, 3.63) is 50.3 Å². The second-order valence-electron chi connectivity index (χ2n) is 4.29. The van der Waals surface area contributed by atoms with Crippen molar-refractivity contribution in [3.8, 4) is 0 Å². The molecule has 19 heavy (non-hydrogen) atoms. The molecule has 0 saturated heterocycles. The number of furan rings is 1. The van der Waals surface area contributed by atoms with Crippen molar-refractivity contribution in [1.29, 1.82) is 0 Å². The maximum atomic E-state index is 11.9. The Morgan fingerprint density at radius 2 is 1.79 bits per heavy atom. The number of hydrogen-bond donors (Lipinski definition) is 0. The van der Waals surface area contributed by atoms with E-state index in [0.717, 1.165) is 0 Å². The molecule has 0 aliphatic rings. The molecule has 0 radical (unpaired) electrons. The molecule has 0 unspecified atom stereocenters. The third-order valence-electron chi connectivity index (χ3n) is 3.11. The van der Waals surface area contributed by atoms with Gasteiger partial charge < -0.3 is 8.83 Å². The Hall–Kier alpha value is -2.63. The largest absolute Gasteiger partial charge is 0.465 e. The van der Waals surface area contributed by atoms with Gasteiger partial charge in [-0.05, 0) is 19.9 Å². The maximum Gasteiger partial charge on any atom is 0.347 e. The van der Waals surface area contributed by atoms with Crippen molar-refractivity contribution in [2.24, 2.45) is 0 Å². The molecule has 3 rings (SSSR count). The Morgan fingerprint density at radius 1 is 1.11 bits per heavy atom. The molecule has 0 spiro atoms. The number of fused-ring (bicyclic) bond motifs is 3. The average molecular weight is 259 g/mol. The predicted octanol–water partition coefficient (Wildman–Crippen LogP) is 3.06. The summed E-state index contributed by atoms with van der Waals surface area (Å²) in [7, 11) is 0. The summed E-state index contributed by atoms with van der Waals surface area (Å²) in [6.07, 6.45) is 0. The van der Waals surface area contributed by atoms with E-state index in [0.29, 0.717) is 33.3 Å². The van der Waals surface area contributed by atoms with Gasteiger partial charge in [0, 0.05) is 22.9 Å². The summed E-state index contributed by atoms with van der Waals surface area (Å²) in [5.74, 6) is 1.00. The van der Waals surface area contributed by atoms with Crippen LogP contribution in [-0.4, -0.2) is 4.92 Å². The number of non-ortho nitro benzene ring substituents is 1. The summed E-state index contributed by atoms with van der Waals surface area (Å²) in [4.78, 5) is 22.2. The predicted molar refractivity (Wildman–Crippen MR) is 68.4 cm³/mol. The van der Waals surface area contributed by atoms with Crippen molar-refractivity contribution in [2.75, 3.05) is 0 Å². The van der Waals surface area contributed by atoms with Gasteiger partial charge in [-0.25, -0.2) is 4.79 Å². The quantitative estimate of drug-likeness (QED) is 0.380. The minimum absolute atomic E-state index is 0.0547. The van der Waals surface area contributed by atoms with Crippen LogP contribution in [-0.2, 0) is 0 Å². The summed E-state index contributed by atoms with van der Waals surface area (Å²) in [6, 6.07) is 4.12. The topological polar surface area (TPSA) is 86.5 Å². The van der Waals surface area contributed by atoms with Crippen LogP contribution >= 0.6 is 0 Å². The third-order valence-corrected chi connectivity index (χ3v) is 3.11. The summed E-state index contributed by atoms with van der Waals surface area (Å²) in [5, 5.41) is 12.3. The molecule has 0 atom stereocenters. The van der Waals surface area contributed by atoms with Gasteiger partial charge in [-0.15, -0.1) is 0 Å². The molecule has 0 amide bonds. The highest BCUT2D eigenvalue weighted by Gasteiger charge is 2.18. The molecule has 0 bridgehead atoms. The highest BCUT2D eigenvalue weighted by molar-refractivity contribution is 6.07. The highest BCUT2D eigenvalue weighted by Crippen LogP contribution is 2.31. The lowest BCUT2D eigenvalue weighted by molar-refractivity contribution is -0.384. The lowest BCUT2D eigenvalue weighted by atomic mass is 10.1. The fraction of sp³-hybridized carbons (Fsp3) is 0.154. The van der Waals surface area contributed by atoms with Crippen molar-refractivity contribution in [1.82, 2.24) is 0 Å². The molecule has 3 aromatic rings. The second-order valence-corrected chi connectivity index (χ2v) is 4.29. The average Bonchev–Trinajstić information content (AvgIpc) is 2.65. The monoisotopic (exact) mass is 259 g/mol. The van der Waals surface area contributed by atoms with Crippen LogP contribution in [0.25, 0.3) is 21.7 Å². The first kappa shape index (κ1) is 11.5. The first-order valence-electron chi connectivity index (χ1n) is 5.60. The molecule has 6 nitrogen and oxygen atoms in total. The molecule has 1 aromatic carbocycles. The Balaban J connectivity index is 2.59. The van der Waals surface area contributed by atoms with E-state index in [1.165, 1.54) is 18.2 Å². The van der Waals surface area contributed by atoms with Crippen molar-refractivity contribution < 1.29 is 13.8 Å². The number of aryl methyl sites for hydroxylation is 2. The smallest absolute Gasteiger partial charge is 0.347 e. The number of benzene rings is 1. The molecule has 0 aliphatic heterocycles. The first-order valence-corrected chi connectivity index (χ1v) is 5.60. The van der Waals surface area contributed by atoms with Crippen LogP contribution in [0.2, 0.25) is 0 Å². The highest BCUT2D eigenvalue weighted by atomic mass is 16.6. The number of nitrogens with zero attached hydrogens (tertiary/aromatic N) is 1. The molecule has 2 heterocycles. The van der Waals surface area contributed by atoms with Crippen LogP contribution in [0, 0.1) is 24.0 Å². The molecule has 2 aromatic heterocycles. The van der Waals surface area contributed by atoms with Gasteiger partial charge in [0.05, 0.1) is 4.92 Å². The SMILES string of the molecule is Cc1oc(C)c2c1c(=O)oc1ccc([N+](=O)[O-])cc12. The Kier molecular flexibility index (Phi) is 2.22.